The molecule has 7 heteroatoms. The number of hydrogen-bond acceptors (Lipinski definition) is 5. The first-order chi connectivity index (χ1) is 13.6. The number of amides is 1. The molecule has 1 N–H and O–H groups in total. The highest BCUT2D eigenvalue weighted by Gasteiger charge is 2.47. The maximum absolute atomic E-state index is 12.9. The Kier molecular flexibility index (Phi) is 4.63. The number of aliphatic hydroxyl groups is 1. The zero-order chi connectivity index (χ0) is 19.7. The van der Waals surface area contributed by atoms with Gasteiger partial charge in [0.25, 0.3) is 5.78 Å². The van der Waals surface area contributed by atoms with Gasteiger partial charge >= 0.3 is 5.91 Å². The van der Waals surface area contributed by atoms with Gasteiger partial charge in [0, 0.05) is 29.2 Å². The SMILES string of the molecule is O=C1C(=O)N(c2ccccn2)[C@H](c2cccnc2)C1=C(O)c1ccc(Cl)cc1. The molecule has 0 saturated carbocycles. The summed E-state index contributed by atoms with van der Waals surface area (Å²) in [7, 11) is 0. The number of carbonyl (C=O) groups excluding carboxylic acids is 2. The maximum Gasteiger partial charge on any atom is 0.301 e. The van der Waals surface area contributed by atoms with Crippen LogP contribution >= 0.6 is 11.6 Å². The van der Waals surface area contributed by atoms with Crippen molar-refractivity contribution in [1.82, 2.24) is 9.97 Å². The minimum absolute atomic E-state index is 0.0222. The lowest BCUT2D eigenvalue weighted by Crippen LogP contribution is -2.30. The molecule has 28 heavy (non-hydrogen) atoms. The third-order valence-corrected chi connectivity index (χ3v) is 4.71. The third-order valence-electron chi connectivity index (χ3n) is 4.46. The number of halogens is 1. The van der Waals surface area contributed by atoms with Crippen molar-refractivity contribution in [3.8, 4) is 0 Å². The molecule has 1 aromatic carbocycles. The summed E-state index contributed by atoms with van der Waals surface area (Å²) < 4.78 is 0. The Balaban J connectivity index is 1.94. The molecule has 1 aliphatic heterocycles. The average Bonchev–Trinajstić information content (AvgIpc) is 3.00. The molecule has 1 amide bonds. The fourth-order valence-electron chi connectivity index (χ4n) is 3.18. The molecule has 1 aliphatic rings. The molecule has 2 aromatic heterocycles. The molecule has 138 valence electrons. The van der Waals surface area contributed by atoms with Crippen LogP contribution in [0.2, 0.25) is 5.02 Å². The van der Waals surface area contributed by atoms with Gasteiger partial charge in [-0.1, -0.05) is 23.7 Å². The molecular weight excluding hydrogens is 378 g/mol. The van der Waals surface area contributed by atoms with E-state index in [1.807, 2.05) is 0 Å². The van der Waals surface area contributed by atoms with E-state index in [4.69, 9.17) is 11.6 Å². The number of anilines is 1. The van der Waals surface area contributed by atoms with E-state index in [0.29, 0.717) is 22.0 Å². The standard InChI is InChI=1S/C21H14ClN3O3/c22-15-8-6-13(7-9-15)19(26)17-18(14-4-3-10-23-12-14)25(21(28)20(17)27)16-5-1-2-11-24-16/h1-12,18,26H/t18-/m1/s1. The molecule has 0 aliphatic carbocycles. The number of aromatic nitrogens is 2. The number of pyridine rings is 2. The van der Waals surface area contributed by atoms with Crippen LogP contribution in [-0.4, -0.2) is 26.8 Å². The van der Waals surface area contributed by atoms with Crippen molar-refractivity contribution in [2.24, 2.45) is 0 Å². The molecular formula is C21H14ClN3O3. The minimum atomic E-state index is -0.848. The van der Waals surface area contributed by atoms with Gasteiger partial charge in [0.1, 0.15) is 11.6 Å². The van der Waals surface area contributed by atoms with Gasteiger partial charge in [0.2, 0.25) is 0 Å². The Morgan fingerprint density at radius 2 is 1.79 bits per heavy atom. The summed E-state index contributed by atoms with van der Waals surface area (Å²) in [5.41, 5.74) is 0.950. The Labute approximate surface area is 165 Å². The summed E-state index contributed by atoms with van der Waals surface area (Å²) in [5, 5.41) is 11.4. The van der Waals surface area contributed by atoms with Crippen LogP contribution in [0.15, 0.2) is 78.8 Å². The van der Waals surface area contributed by atoms with E-state index in [1.165, 1.54) is 11.1 Å². The smallest absolute Gasteiger partial charge is 0.301 e. The zero-order valence-corrected chi connectivity index (χ0v) is 15.2. The predicted octanol–water partition coefficient (Wildman–Crippen LogP) is 3.76. The summed E-state index contributed by atoms with van der Waals surface area (Å²) in [4.78, 5) is 35.3. The molecule has 4 rings (SSSR count). The molecule has 1 saturated heterocycles. The molecule has 0 spiro atoms. The number of aliphatic hydroxyl groups excluding tert-OH is 1. The van der Waals surface area contributed by atoms with Crippen LogP contribution in [0.25, 0.3) is 5.76 Å². The summed E-state index contributed by atoms with van der Waals surface area (Å²) in [5.74, 6) is -1.51. The van der Waals surface area contributed by atoms with Gasteiger partial charge in [-0.2, -0.15) is 0 Å². The van der Waals surface area contributed by atoms with Crippen LogP contribution in [-0.2, 0) is 9.59 Å². The number of benzene rings is 1. The molecule has 0 unspecified atom stereocenters. The number of ketones is 1. The Morgan fingerprint density at radius 1 is 1.00 bits per heavy atom. The number of rotatable bonds is 3. The lowest BCUT2D eigenvalue weighted by molar-refractivity contribution is -0.132. The number of nitrogens with zero attached hydrogens (tertiary/aromatic N) is 3. The summed E-state index contributed by atoms with van der Waals surface area (Å²) >= 11 is 5.91. The summed E-state index contributed by atoms with van der Waals surface area (Å²) in [6, 6.07) is 14.1. The van der Waals surface area contributed by atoms with Gasteiger partial charge in [-0.15, -0.1) is 0 Å². The van der Waals surface area contributed by atoms with E-state index in [-0.39, 0.29) is 11.3 Å². The summed E-state index contributed by atoms with van der Waals surface area (Å²) in [6.07, 6.45) is 4.69. The zero-order valence-electron chi connectivity index (χ0n) is 14.5. The predicted molar refractivity (Wildman–Crippen MR) is 105 cm³/mol. The fourth-order valence-corrected chi connectivity index (χ4v) is 3.31. The number of Topliss-reactive ketones (excluding diaryl/α,β-unsaturated/α-hetero) is 1. The highest BCUT2D eigenvalue weighted by Crippen LogP contribution is 2.41. The van der Waals surface area contributed by atoms with Crippen LogP contribution < -0.4 is 4.90 Å². The first-order valence-electron chi connectivity index (χ1n) is 8.46. The summed E-state index contributed by atoms with van der Waals surface area (Å²) in [6.45, 7) is 0. The molecule has 3 heterocycles. The lowest BCUT2D eigenvalue weighted by Gasteiger charge is -2.24. The van der Waals surface area contributed by atoms with Crippen LogP contribution in [0.3, 0.4) is 0 Å². The normalized spacial score (nSPS) is 18.5. The van der Waals surface area contributed by atoms with E-state index >= 15 is 0 Å². The van der Waals surface area contributed by atoms with Crippen molar-refractivity contribution in [3.05, 3.63) is 94.9 Å². The Morgan fingerprint density at radius 3 is 2.43 bits per heavy atom. The van der Waals surface area contributed by atoms with Crippen molar-refractivity contribution in [2.75, 3.05) is 4.90 Å². The van der Waals surface area contributed by atoms with Gasteiger partial charge in [-0.05, 0) is 48.0 Å². The molecule has 3 aromatic rings. The molecule has 6 nitrogen and oxygen atoms in total. The van der Waals surface area contributed by atoms with Gasteiger partial charge < -0.3 is 5.11 Å². The van der Waals surface area contributed by atoms with Crippen molar-refractivity contribution in [3.63, 3.8) is 0 Å². The minimum Gasteiger partial charge on any atom is -0.507 e. The van der Waals surface area contributed by atoms with E-state index < -0.39 is 17.7 Å². The van der Waals surface area contributed by atoms with Crippen LogP contribution in [0.4, 0.5) is 5.82 Å². The van der Waals surface area contributed by atoms with Crippen molar-refractivity contribution in [2.45, 2.75) is 6.04 Å². The van der Waals surface area contributed by atoms with Crippen LogP contribution in [0.5, 0.6) is 0 Å². The largest absolute Gasteiger partial charge is 0.507 e. The number of carbonyl (C=O) groups is 2. The highest BCUT2D eigenvalue weighted by molar-refractivity contribution is 6.51. The first-order valence-corrected chi connectivity index (χ1v) is 8.83. The third kappa shape index (κ3) is 3.04. The van der Waals surface area contributed by atoms with E-state index in [1.54, 1.807) is 67.0 Å². The van der Waals surface area contributed by atoms with E-state index in [2.05, 4.69) is 9.97 Å². The lowest BCUT2D eigenvalue weighted by atomic mass is 9.96. The second-order valence-electron chi connectivity index (χ2n) is 6.15. The maximum atomic E-state index is 12.9. The van der Waals surface area contributed by atoms with Gasteiger partial charge in [-0.3, -0.25) is 19.5 Å². The number of hydrogen-bond donors (Lipinski definition) is 1. The Bertz CT molecular complexity index is 1070. The molecule has 1 fully saturated rings. The first kappa shape index (κ1) is 17.9. The quantitative estimate of drug-likeness (QED) is 0.417. The van der Waals surface area contributed by atoms with E-state index in [9.17, 15) is 14.7 Å². The second kappa shape index (κ2) is 7.25. The molecule has 0 radical (unpaired) electrons. The Hall–Kier alpha value is -3.51. The van der Waals surface area contributed by atoms with Crippen LogP contribution in [0, 0.1) is 0 Å². The average molecular weight is 392 g/mol. The molecule has 0 bridgehead atoms. The fraction of sp³-hybridized carbons (Fsp3) is 0.0476. The van der Waals surface area contributed by atoms with Crippen molar-refractivity contribution < 1.29 is 14.7 Å². The van der Waals surface area contributed by atoms with Gasteiger partial charge in [-0.25, -0.2) is 4.98 Å². The van der Waals surface area contributed by atoms with E-state index in [0.717, 1.165) is 0 Å². The van der Waals surface area contributed by atoms with Gasteiger partial charge in [0.05, 0.1) is 11.6 Å². The monoisotopic (exact) mass is 391 g/mol. The van der Waals surface area contributed by atoms with Crippen LogP contribution in [0.1, 0.15) is 17.2 Å². The van der Waals surface area contributed by atoms with Crippen molar-refractivity contribution >= 4 is 34.9 Å². The highest BCUT2D eigenvalue weighted by atomic mass is 35.5. The topological polar surface area (TPSA) is 83.4 Å². The van der Waals surface area contributed by atoms with Gasteiger partial charge in [0.15, 0.2) is 0 Å². The second-order valence-corrected chi connectivity index (χ2v) is 6.59. The molecule has 1 atom stereocenters. The van der Waals surface area contributed by atoms with Crippen molar-refractivity contribution in [1.29, 1.82) is 0 Å².